The predicted octanol–water partition coefficient (Wildman–Crippen LogP) is 9.47. The summed E-state index contributed by atoms with van der Waals surface area (Å²) in [5.74, 6) is -3.70. The fourth-order valence-electron chi connectivity index (χ4n) is 5.31. The summed E-state index contributed by atoms with van der Waals surface area (Å²) in [7, 11) is 0. The molecule has 14 nitrogen and oxygen atoms in total. The van der Waals surface area contributed by atoms with E-state index in [2.05, 4.69) is 41.7 Å². The van der Waals surface area contributed by atoms with Crippen molar-refractivity contribution >= 4 is 92.5 Å². The number of carbonyl (C=O) groups excluding carboxylic acids is 6. The number of halogens is 2. The fourth-order valence-corrected chi connectivity index (χ4v) is 5.72. The van der Waals surface area contributed by atoms with E-state index in [1.54, 1.807) is 74.5 Å². The van der Waals surface area contributed by atoms with Crippen molar-refractivity contribution in [2.75, 3.05) is 21.3 Å². The maximum Gasteiger partial charge on any atom is 0.258 e. The lowest BCUT2D eigenvalue weighted by atomic mass is 10.1. The number of nitrogens with one attached hydrogen (secondary N) is 4. The van der Waals surface area contributed by atoms with E-state index in [1.807, 2.05) is 12.1 Å². The first-order chi connectivity index (χ1) is 27.7. The van der Waals surface area contributed by atoms with Crippen molar-refractivity contribution in [1.29, 1.82) is 0 Å². The van der Waals surface area contributed by atoms with Gasteiger partial charge in [-0.3, -0.25) is 28.8 Å². The van der Waals surface area contributed by atoms with E-state index in [0.29, 0.717) is 33.9 Å². The minimum absolute atomic E-state index is 0.113. The smallest absolute Gasteiger partial charge is 0.258 e. The van der Waals surface area contributed by atoms with Gasteiger partial charge in [0.1, 0.15) is 0 Å². The molecule has 0 heterocycles. The van der Waals surface area contributed by atoms with Crippen LogP contribution in [0, 0.1) is 13.8 Å². The lowest BCUT2D eigenvalue weighted by molar-refractivity contribution is -0.127. The van der Waals surface area contributed by atoms with Crippen molar-refractivity contribution in [2.24, 2.45) is 20.5 Å². The number of ketones is 2. The summed E-state index contributed by atoms with van der Waals surface area (Å²) in [6.45, 7) is 5.72. The Morgan fingerprint density at radius 1 is 0.500 bits per heavy atom. The number of Topliss-reactive ketones (excluding diaryl/α,β-unsaturated/α-hetero) is 2. The van der Waals surface area contributed by atoms with Crippen LogP contribution in [-0.2, 0) is 19.2 Å². The quantitative estimate of drug-likeness (QED) is 0.0635. The van der Waals surface area contributed by atoms with Crippen molar-refractivity contribution < 1.29 is 28.8 Å². The molecule has 0 saturated heterocycles. The number of aryl methyl sites for hydroxylation is 2. The number of para-hydroxylation sites is 2. The molecule has 2 unspecified atom stereocenters. The molecule has 0 saturated carbocycles. The highest BCUT2D eigenvalue weighted by molar-refractivity contribution is 6.35. The second-order valence-corrected chi connectivity index (χ2v) is 13.7. The van der Waals surface area contributed by atoms with E-state index in [0.717, 1.165) is 0 Å². The molecule has 294 valence electrons. The Bertz CT molecular complexity index is 2290. The van der Waals surface area contributed by atoms with E-state index in [1.165, 1.54) is 50.2 Å². The molecular weight excluding hydrogens is 783 g/mol. The third-order valence-electron chi connectivity index (χ3n) is 8.38. The number of amides is 4. The molecule has 0 fully saturated rings. The monoisotopic (exact) mass is 818 g/mol. The lowest BCUT2D eigenvalue weighted by Gasteiger charge is -2.16. The number of benzene rings is 5. The molecule has 0 aliphatic heterocycles. The molecule has 4 amide bonds. The zero-order chi connectivity index (χ0) is 41.9. The third-order valence-corrected chi connectivity index (χ3v) is 9.04. The van der Waals surface area contributed by atoms with Gasteiger partial charge in [-0.2, -0.15) is 20.5 Å². The van der Waals surface area contributed by atoms with Crippen molar-refractivity contribution in [3.63, 3.8) is 0 Å². The number of rotatable bonds is 14. The molecule has 5 rings (SSSR count). The van der Waals surface area contributed by atoms with Crippen LogP contribution in [0.25, 0.3) is 0 Å². The Labute approximate surface area is 343 Å². The summed E-state index contributed by atoms with van der Waals surface area (Å²) in [6.07, 6.45) is 0. The first-order valence-corrected chi connectivity index (χ1v) is 18.3. The number of anilines is 4. The summed E-state index contributed by atoms with van der Waals surface area (Å²) in [4.78, 5) is 77.4. The largest absolute Gasteiger partial charge is 0.324 e. The standard InChI is InChI=1S/C42H36Cl2N8O6/c1-23-19-36(48-42(58)38(26(4)54)52-50-30-16-18-34(44)32(22-30)40(56)46-28-13-9-6-10-14-28)24(2)20-35(23)47-41(57)37(25(3)53)51-49-29-15-17-33(43)31(21-29)39(55)45-27-11-7-5-8-12-27/h5-22,37-38H,1-4H3,(H,45,55)(H,46,56)(H,47,57)(H,48,58). The van der Waals surface area contributed by atoms with E-state index in [4.69, 9.17) is 23.2 Å². The maximum absolute atomic E-state index is 13.3. The molecule has 4 N–H and O–H groups in total. The number of hydrogen-bond acceptors (Lipinski definition) is 10. The Balaban J connectivity index is 1.25. The molecule has 5 aromatic rings. The van der Waals surface area contributed by atoms with Crippen LogP contribution in [0.1, 0.15) is 45.7 Å². The van der Waals surface area contributed by atoms with Gasteiger partial charge in [0, 0.05) is 22.7 Å². The number of carbonyl (C=O) groups is 6. The van der Waals surface area contributed by atoms with Gasteiger partial charge in [-0.1, -0.05) is 59.6 Å². The Morgan fingerprint density at radius 2 is 0.862 bits per heavy atom. The number of azo groups is 2. The summed E-state index contributed by atoms with van der Waals surface area (Å²) >= 11 is 12.5. The van der Waals surface area contributed by atoms with Crippen LogP contribution in [0.4, 0.5) is 34.1 Å². The molecule has 0 radical (unpaired) electrons. The first-order valence-electron chi connectivity index (χ1n) is 17.6. The highest BCUT2D eigenvalue weighted by Gasteiger charge is 2.26. The lowest BCUT2D eigenvalue weighted by Crippen LogP contribution is -2.32. The number of nitrogens with zero attached hydrogens (tertiary/aromatic N) is 4. The average Bonchev–Trinajstić information content (AvgIpc) is 3.18. The minimum atomic E-state index is -1.53. The second kappa shape index (κ2) is 19.3. The van der Waals surface area contributed by atoms with Crippen molar-refractivity contribution in [3.8, 4) is 0 Å². The van der Waals surface area contributed by atoms with Gasteiger partial charge in [-0.25, -0.2) is 0 Å². The Morgan fingerprint density at radius 3 is 1.21 bits per heavy atom. The Hall–Kier alpha value is -6.90. The summed E-state index contributed by atoms with van der Waals surface area (Å²) in [5.41, 5.74) is 3.37. The van der Waals surface area contributed by atoms with Gasteiger partial charge in [-0.05, 0) is 112 Å². The van der Waals surface area contributed by atoms with Crippen LogP contribution < -0.4 is 21.3 Å². The van der Waals surface area contributed by atoms with Crippen LogP contribution in [0.3, 0.4) is 0 Å². The van der Waals surface area contributed by atoms with Gasteiger partial charge in [0.15, 0.2) is 11.6 Å². The summed E-state index contributed by atoms with van der Waals surface area (Å²) in [6, 6.07) is 26.3. The zero-order valence-electron chi connectivity index (χ0n) is 31.5. The molecule has 2 atom stereocenters. The normalized spacial score (nSPS) is 12.1. The van der Waals surface area contributed by atoms with Gasteiger partial charge < -0.3 is 21.3 Å². The van der Waals surface area contributed by atoms with E-state index in [-0.39, 0.29) is 32.5 Å². The van der Waals surface area contributed by atoms with Gasteiger partial charge in [0.05, 0.1) is 32.5 Å². The fraction of sp³-hybridized carbons (Fsp3) is 0.143. The van der Waals surface area contributed by atoms with Crippen molar-refractivity contribution in [3.05, 3.63) is 141 Å². The summed E-state index contributed by atoms with van der Waals surface area (Å²) in [5, 5.41) is 27.2. The average molecular weight is 820 g/mol. The molecule has 0 aliphatic carbocycles. The molecule has 58 heavy (non-hydrogen) atoms. The van der Waals surface area contributed by atoms with Crippen LogP contribution in [0.15, 0.2) is 130 Å². The predicted molar refractivity (Wildman–Crippen MR) is 223 cm³/mol. The maximum atomic E-state index is 13.3. The second-order valence-electron chi connectivity index (χ2n) is 12.9. The highest BCUT2D eigenvalue weighted by atomic mass is 35.5. The molecule has 0 aliphatic rings. The van der Waals surface area contributed by atoms with E-state index < -0.39 is 47.3 Å². The van der Waals surface area contributed by atoms with E-state index in [9.17, 15) is 28.8 Å². The minimum Gasteiger partial charge on any atom is -0.324 e. The highest BCUT2D eigenvalue weighted by Crippen LogP contribution is 2.28. The van der Waals surface area contributed by atoms with Crippen LogP contribution in [-0.4, -0.2) is 47.3 Å². The molecular formula is C42H36Cl2N8O6. The number of hydrogen-bond donors (Lipinski definition) is 4. The van der Waals surface area contributed by atoms with Gasteiger partial charge in [-0.15, -0.1) is 0 Å². The van der Waals surface area contributed by atoms with E-state index >= 15 is 0 Å². The van der Waals surface area contributed by atoms with Gasteiger partial charge in [0.2, 0.25) is 12.1 Å². The van der Waals surface area contributed by atoms with Crippen LogP contribution in [0.5, 0.6) is 0 Å². The molecule has 16 heteroatoms. The van der Waals surface area contributed by atoms with Gasteiger partial charge >= 0.3 is 0 Å². The van der Waals surface area contributed by atoms with Crippen molar-refractivity contribution in [1.82, 2.24) is 0 Å². The topological polar surface area (TPSA) is 200 Å². The van der Waals surface area contributed by atoms with Crippen molar-refractivity contribution in [2.45, 2.75) is 39.8 Å². The molecule has 5 aromatic carbocycles. The molecule has 0 bridgehead atoms. The third kappa shape index (κ3) is 11.1. The van der Waals surface area contributed by atoms with Crippen LogP contribution >= 0.6 is 23.2 Å². The zero-order valence-corrected chi connectivity index (χ0v) is 33.1. The molecule has 0 spiro atoms. The SMILES string of the molecule is CC(=O)C(N=Nc1ccc(Cl)c(C(=O)Nc2ccccc2)c1)C(=O)Nc1cc(C)c(NC(=O)C(N=Nc2ccc(Cl)c(C(=O)Nc3ccccc3)c2)C(C)=O)cc1C. The summed E-state index contributed by atoms with van der Waals surface area (Å²) < 4.78 is 0. The van der Waals surface area contributed by atoms with Crippen LogP contribution in [0.2, 0.25) is 10.0 Å². The molecule has 0 aromatic heterocycles. The first kappa shape index (κ1) is 42.2. The van der Waals surface area contributed by atoms with Gasteiger partial charge in [0.25, 0.3) is 23.6 Å². The Kier molecular flexibility index (Phi) is 14.1.